The number of methoxy groups -OCH3 is 2. The van der Waals surface area contributed by atoms with Gasteiger partial charge in [-0.25, -0.2) is 0 Å². The van der Waals surface area contributed by atoms with Gasteiger partial charge >= 0.3 is 5.97 Å². The molecule has 50 heavy (non-hydrogen) atoms. The van der Waals surface area contributed by atoms with Crippen LogP contribution in [0.1, 0.15) is 73.9 Å². The lowest BCUT2D eigenvalue weighted by Gasteiger charge is -2.28. The Kier molecular flexibility index (Phi) is 14.3. The molecule has 4 rings (SSSR count). The van der Waals surface area contributed by atoms with E-state index < -0.39 is 21.4 Å². The lowest BCUT2D eigenvalue weighted by Crippen LogP contribution is -2.38. The molecule has 0 aromatic heterocycles. The van der Waals surface area contributed by atoms with Gasteiger partial charge in [0.1, 0.15) is 23.2 Å². The second-order valence-electron chi connectivity index (χ2n) is 12.6. The molecule has 270 valence electrons. The summed E-state index contributed by atoms with van der Waals surface area (Å²) >= 11 is 15.2. The summed E-state index contributed by atoms with van der Waals surface area (Å²) in [5.74, 6) is -0.632. The number of aliphatic hydroxyl groups is 2. The van der Waals surface area contributed by atoms with Crippen molar-refractivity contribution < 1.29 is 38.8 Å². The van der Waals surface area contributed by atoms with Crippen molar-refractivity contribution in [1.82, 2.24) is 0 Å². The van der Waals surface area contributed by atoms with Crippen LogP contribution in [0, 0.1) is 13.8 Å². The fraction of sp³-hybridized carbons (Fsp3) is 0.395. The molecule has 2 N–H and O–H groups in total. The summed E-state index contributed by atoms with van der Waals surface area (Å²) in [6.45, 7) is 12.8. The third kappa shape index (κ3) is 9.59. The van der Waals surface area contributed by atoms with E-state index in [0.717, 1.165) is 34.0 Å². The van der Waals surface area contributed by atoms with Gasteiger partial charge in [0.05, 0.1) is 53.1 Å². The van der Waals surface area contributed by atoms with Crippen LogP contribution in [0.4, 0.5) is 0 Å². The van der Waals surface area contributed by atoms with Crippen molar-refractivity contribution in [3.05, 3.63) is 97.7 Å². The Morgan fingerprint density at radius 3 is 1.98 bits per heavy atom. The minimum atomic E-state index is -1.19. The van der Waals surface area contributed by atoms with E-state index >= 15 is 0 Å². The first-order valence-electron chi connectivity index (χ1n) is 15.8. The fourth-order valence-electron chi connectivity index (χ4n) is 5.24. The Bertz CT molecular complexity index is 1770. The number of carbonyl (C=O) groups is 3. The molecule has 1 atom stereocenters. The molecule has 0 aliphatic carbocycles. The number of hydrogen-bond acceptors (Lipinski definition) is 10. The number of rotatable bonds is 12. The predicted octanol–water partition coefficient (Wildman–Crippen LogP) is 9.06. The summed E-state index contributed by atoms with van der Waals surface area (Å²) in [5, 5.41) is 20.0. The van der Waals surface area contributed by atoms with Crippen LogP contribution in [0.5, 0.6) is 11.5 Å². The topological polar surface area (TPSA) is 119 Å². The van der Waals surface area contributed by atoms with Crippen molar-refractivity contribution in [2.75, 3.05) is 20.8 Å². The van der Waals surface area contributed by atoms with Gasteiger partial charge in [-0.3, -0.25) is 14.4 Å². The number of hydrogen-bond donors (Lipinski definition) is 2. The van der Waals surface area contributed by atoms with Crippen molar-refractivity contribution in [2.24, 2.45) is 0 Å². The third-order valence-electron chi connectivity index (χ3n) is 7.95. The van der Waals surface area contributed by atoms with Crippen molar-refractivity contribution in [3.8, 4) is 11.5 Å². The summed E-state index contributed by atoms with van der Waals surface area (Å²) in [5.41, 5.74) is 4.68. The molecule has 0 saturated carbocycles. The molecule has 1 unspecified atom stereocenters. The van der Waals surface area contributed by atoms with Gasteiger partial charge in [-0.1, -0.05) is 59.2 Å². The quantitative estimate of drug-likeness (QED) is 0.137. The molecular formula is C38H44Cl2O8S2. The van der Waals surface area contributed by atoms with Gasteiger partial charge < -0.3 is 24.4 Å². The maximum Gasteiger partial charge on any atom is 0.321 e. The Labute approximate surface area is 312 Å². The van der Waals surface area contributed by atoms with Gasteiger partial charge in [0.25, 0.3) is 0 Å². The smallest absolute Gasteiger partial charge is 0.321 e. The highest BCUT2D eigenvalue weighted by molar-refractivity contribution is 8.16. The molecule has 0 fully saturated rings. The average Bonchev–Trinajstić information content (AvgIpc) is 3.26. The molecule has 1 heterocycles. The number of ether oxygens (including phenoxy) is 3. The number of ketones is 1. The summed E-state index contributed by atoms with van der Waals surface area (Å²) in [4.78, 5) is 38.7. The van der Waals surface area contributed by atoms with Crippen molar-refractivity contribution in [3.63, 3.8) is 0 Å². The van der Waals surface area contributed by atoms with Crippen LogP contribution in [-0.2, 0) is 31.5 Å². The molecule has 0 bridgehead atoms. The van der Waals surface area contributed by atoms with Crippen molar-refractivity contribution in [1.29, 1.82) is 0 Å². The van der Waals surface area contributed by atoms with Crippen LogP contribution in [-0.4, -0.2) is 57.4 Å². The minimum absolute atomic E-state index is 0.0161. The lowest BCUT2D eigenvalue weighted by atomic mass is 9.87. The molecule has 3 aromatic rings. The van der Waals surface area contributed by atoms with Gasteiger partial charge in [0.2, 0.25) is 5.12 Å². The zero-order valence-electron chi connectivity index (χ0n) is 29.7. The van der Waals surface area contributed by atoms with Gasteiger partial charge in [0.15, 0.2) is 5.78 Å². The second kappa shape index (κ2) is 17.4. The van der Waals surface area contributed by atoms with Gasteiger partial charge in [-0.05, 0) is 95.0 Å². The standard InChI is InChI=1S/C24H29ClO5S.C14H15ClO3S/c1-6-30-23(28)21(20-18(25)11-15(2)12-19(20)29-5)22(27)24(3,4)31-14-17-9-7-16(13-26)8-10-17;1-7-5-8(15)10(9(6-7)18-4)11-12(16)14(2,3)19-13(11)17/h7-12,21,26H,6,13-14H2,1-5H3;5-6,16H,1-4H3. The maximum absolute atomic E-state index is 13.6. The number of halogens is 2. The first kappa shape index (κ1) is 41.3. The normalized spacial score (nSPS) is 14.5. The van der Waals surface area contributed by atoms with Crippen molar-refractivity contribution >= 4 is 69.2 Å². The number of aryl methyl sites for hydroxylation is 2. The molecule has 0 spiro atoms. The van der Waals surface area contributed by atoms with E-state index in [0.29, 0.717) is 38.4 Å². The number of benzene rings is 3. The van der Waals surface area contributed by atoms with Crippen LogP contribution >= 0.6 is 46.7 Å². The minimum Gasteiger partial charge on any atom is -0.510 e. The summed E-state index contributed by atoms with van der Waals surface area (Å²) in [7, 11) is 3.00. The molecule has 0 saturated heterocycles. The molecule has 12 heteroatoms. The number of aliphatic hydroxyl groups excluding tert-OH is 2. The highest BCUT2D eigenvalue weighted by Gasteiger charge is 2.43. The SMILES string of the molecule is CCOC(=O)C(C(=O)C(C)(C)SCc1ccc(CO)cc1)c1c(Cl)cc(C)cc1OC.COc1cc(C)cc(Cl)c1C1=C(O)C(C)(C)SC1=O. The Morgan fingerprint density at radius 2 is 1.48 bits per heavy atom. The van der Waals surface area contributed by atoms with Crippen molar-refractivity contribution in [2.45, 2.75) is 76.2 Å². The molecule has 1 aliphatic rings. The number of esters is 1. The van der Waals surface area contributed by atoms with E-state index in [1.165, 1.54) is 26.0 Å². The Morgan fingerprint density at radius 1 is 0.940 bits per heavy atom. The lowest BCUT2D eigenvalue weighted by molar-refractivity contribution is -0.148. The van der Waals surface area contributed by atoms with Gasteiger partial charge in [-0.15, -0.1) is 11.8 Å². The largest absolute Gasteiger partial charge is 0.510 e. The van der Waals surface area contributed by atoms with Crippen LogP contribution in [0.2, 0.25) is 10.0 Å². The monoisotopic (exact) mass is 762 g/mol. The zero-order chi connectivity index (χ0) is 37.6. The summed E-state index contributed by atoms with van der Waals surface area (Å²) in [6, 6.07) is 14.6. The summed E-state index contributed by atoms with van der Waals surface area (Å²) in [6.07, 6.45) is 0. The van der Waals surface area contributed by atoms with E-state index in [1.807, 2.05) is 38.1 Å². The first-order valence-corrected chi connectivity index (χ1v) is 18.4. The van der Waals surface area contributed by atoms with Gasteiger partial charge in [0, 0.05) is 16.3 Å². The molecule has 1 aliphatic heterocycles. The predicted molar refractivity (Wildman–Crippen MR) is 204 cm³/mol. The van der Waals surface area contributed by atoms with Crippen LogP contribution in [0.15, 0.2) is 54.3 Å². The third-order valence-corrected chi connectivity index (χ3v) is 11.1. The molecule has 8 nitrogen and oxygen atoms in total. The zero-order valence-corrected chi connectivity index (χ0v) is 32.9. The maximum atomic E-state index is 13.6. The Balaban J connectivity index is 0.000000303. The van der Waals surface area contributed by atoms with E-state index in [2.05, 4.69) is 0 Å². The molecule has 0 amide bonds. The summed E-state index contributed by atoms with van der Waals surface area (Å²) < 4.78 is 14.5. The number of thioether (sulfide) groups is 2. The van der Waals surface area contributed by atoms with Gasteiger partial charge in [-0.2, -0.15) is 0 Å². The molecule has 3 aromatic carbocycles. The highest BCUT2D eigenvalue weighted by Crippen LogP contribution is 2.49. The number of carbonyl (C=O) groups excluding carboxylic acids is 3. The van der Waals surface area contributed by atoms with E-state index in [-0.39, 0.29) is 35.4 Å². The molecule has 0 radical (unpaired) electrons. The average molecular weight is 764 g/mol. The number of Topliss-reactive ketones (excluding diaryl/α,β-unsaturated/α-hetero) is 1. The van der Waals surface area contributed by atoms with Crippen LogP contribution < -0.4 is 9.47 Å². The van der Waals surface area contributed by atoms with E-state index in [9.17, 15) is 24.6 Å². The highest BCUT2D eigenvalue weighted by atomic mass is 35.5. The first-order chi connectivity index (χ1) is 23.4. The van der Waals surface area contributed by atoms with Crippen LogP contribution in [0.25, 0.3) is 5.57 Å². The van der Waals surface area contributed by atoms with Crippen LogP contribution in [0.3, 0.4) is 0 Å². The Hall–Kier alpha value is -3.15. The van der Waals surface area contributed by atoms with E-state index in [4.69, 9.17) is 37.4 Å². The van der Waals surface area contributed by atoms with E-state index in [1.54, 1.807) is 58.9 Å². The fourth-order valence-corrected chi connectivity index (χ4v) is 7.92. The second-order valence-corrected chi connectivity index (χ2v) is 16.6. The molecular weight excluding hydrogens is 719 g/mol.